The first-order valence-electron chi connectivity index (χ1n) is 9.08. The van der Waals surface area contributed by atoms with Gasteiger partial charge in [-0.25, -0.2) is 9.97 Å². The minimum atomic E-state index is -0.255. The smallest absolute Gasteiger partial charge is 0.257 e. The van der Waals surface area contributed by atoms with Crippen molar-refractivity contribution in [2.75, 3.05) is 5.32 Å². The second kappa shape index (κ2) is 9.34. The summed E-state index contributed by atoms with van der Waals surface area (Å²) < 4.78 is 0. The van der Waals surface area contributed by atoms with Crippen LogP contribution in [0, 0.1) is 0 Å². The van der Waals surface area contributed by atoms with E-state index in [4.69, 9.17) is 0 Å². The molecule has 0 aliphatic carbocycles. The second-order valence-electron chi connectivity index (χ2n) is 6.37. The molecule has 0 radical (unpaired) electrons. The van der Waals surface area contributed by atoms with Crippen molar-refractivity contribution in [2.24, 2.45) is 0 Å². The minimum Gasteiger partial charge on any atom is -0.298 e. The Morgan fingerprint density at radius 3 is 2.50 bits per heavy atom. The first kappa shape index (κ1) is 20.5. The molecule has 0 unspecified atom stereocenters. The predicted octanol–water partition coefficient (Wildman–Crippen LogP) is 6.01. The number of anilines is 1. The Labute approximate surface area is 186 Å². The fraction of sp³-hybridized carbons (Fsp3) is 0.0909. The molecule has 1 amide bonds. The Balaban J connectivity index is 1.46. The molecule has 0 aliphatic heterocycles. The molecule has 0 saturated carbocycles. The van der Waals surface area contributed by atoms with Gasteiger partial charge in [0.05, 0.1) is 21.8 Å². The SMILES string of the molecule is CC(=O)c1sc(NC(=O)c2ccc(SCc3cscn3)cc2)nc1-c1ccccc1. The Morgan fingerprint density at radius 1 is 1.07 bits per heavy atom. The van der Waals surface area contributed by atoms with Crippen molar-refractivity contribution in [2.45, 2.75) is 17.6 Å². The van der Waals surface area contributed by atoms with Crippen molar-refractivity contribution in [3.8, 4) is 11.3 Å². The number of benzene rings is 2. The van der Waals surface area contributed by atoms with Gasteiger partial charge in [-0.3, -0.25) is 14.9 Å². The number of nitrogens with one attached hydrogen (secondary N) is 1. The van der Waals surface area contributed by atoms with E-state index in [0.29, 0.717) is 21.3 Å². The Bertz CT molecular complexity index is 1150. The maximum atomic E-state index is 12.7. The van der Waals surface area contributed by atoms with Crippen LogP contribution >= 0.6 is 34.4 Å². The number of aromatic nitrogens is 2. The summed E-state index contributed by atoms with van der Waals surface area (Å²) in [5.41, 5.74) is 4.85. The number of Topliss-reactive ketones (excluding diaryl/α,β-unsaturated/α-hetero) is 1. The fourth-order valence-electron chi connectivity index (χ4n) is 2.74. The van der Waals surface area contributed by atoms with E-state index in [-0.39, 0.29) is 11.7 Å². The third-order valence-electron chi connectivity index (χ3n) is 4.20. The topological polar surface area (TPSA) is 72.0 Å². The van der Waals surface area contributed by atoms with Crippen molar-refractivity contribution < 1.29 is 9.59 Å². The molecule has 1 N–H and O–H groups in total. The summed E-state index contributed by atoms with van der Waals surface area (Å²) in [5, 5.41) is 5.26. The van der Waals surface area contributed by atoms with Gasteiger partial charge in [0.2, 0.25) is 0 Å². The number of thioether (sulfide) groups is 1. The molecule has 0 saturated heterocycles. The summed E-state index contributed by atoms with van der Waals surface area (Å²) in [4.78, 5) is 35.1. The molecule has 5 nitrogen and oxygen atoms in total. The zero-order valence-electron chi connectivity index (χ0n) is 16.0. The quantitative estimate of drug-likeness (QED) is 0.275. The third kappa shape index (κ3) is 4.84. The van der Waals surface area contributed by atoms with Gasteiger partial charge >= 0.3 is 0 Å². The van der Waals surface area contributed by atoms with Crippen molar-refractivity contribution in [1.29, 1.82) is 0 Å². The highest BCUT2D eigenvalue weighted by Crippen LogP contribution is 2.32. The summed E-state index contributed by atoms with van der Waals surface area (Å²) in [7, 11) is 0. The fourth-order valence-corrected chi connectivity index (χ4v) is 5.08. The summed E-state index contributed by atoms with van der Waals surface area (Å²) in [6.07, 6.45) is 0. The number of carbonyl (C=O) groups excluding carboxylic acids is 2. The summed E-state index contributed by atoms with van der Waals surface area (Å²) in [6.45, 7) is 1.51. The van der Waals surface area contributed by atoms with E-state index >= 15 is 0 Å². The van der Waals surface area contributed by atoms with Gasteiger partial charge in [-0.15, -0.1) is 23.1 Å². The first-order valence-corrected chi connectivity index (χ1v) is 11.8. The molecule has 8 heteroatoms. The summed E-state index contributed by atoms with van der Waals surface area (Å²) in [5.74, 6) is 0.465. The Hall–Kier alpha value is -2.81. The number of rotatable bonds is 7. The predicted molar refractivity (Wildman–Crippen MR) is 124 cm³/mol. The van der Waals surface area contributed by atoms with Crippen molar-refractivity contribution >= 4 is 51.3 Å². The zero-order valence-corrected chi connectivity index (χ0v) is 18.4. The molecule has 2 heterocycles. The zero-order chi connectivity index (χ0) is 20.9. The molecule has 0 fully saturated rings. The van der Waals surface area contributed by atoms with Crippen LogP contribution in [0.4, 0.5) is 5.13 Å². The number of hydrogen-bond donors (Lipinski definition) is 1. The summed E-state index contributed by atoms with van der Waals surface area (Å²) in [6, 6.07) is 16.9. The van der Waals surface area contributed by atoms with E-state index in [1.807, 2.05) is 53.4 Å². The Morgan fingerprint density at radius 2 is 1.83 bits per heavy atom. The van der Waals surface area contributed by atoms with E-state index < -0.39 is 0 Å². The molecule has 2 aromatic heterocycles. The summed E-state index contributed by atoms with van der Waals surface area (Å²) >= 11 is 4.45. The monoisotopic (exact) mass is 451 g/mol. The lowest BCUT2D eigenvalue weighted by Crippen LogP contribution is -2.11. The second-order valence-corrected chi connectivity index (χ2v) is 9.13. The van der Waals surface area contributed by atoms with E-state index in [0.717, 1.165) is 21.9 Å². The van der Waals surface area contributed by atoms with Crippen LogP contribution < -0.4 is 5.32 Å². The molecule has 150 valence electrons. The van der Waals surface area contributed by atoms with Gasteiger partial charge in [0, 0.05) is 34.1 Å². The van der Waals surface area contributed by atoms with Gasteiger partial charge in [-0.2, -0.15) is 0 Å². The molecule has 30 heavy (non-hydrogen) atoms. The lowest BCUT2D eigenvalue weighted by atomic mass is 10.1. The molecule has 0 bridgehead atoms. The van der Waals surface area contributed by atoms with Crippen LogP contribution in [0.5, 0.6) is 0 Å². The standard InChI is InChI=1S/C22H17N3O2S3/c1-14(26)20-19(15-5-3-2-4-6-15)24-22(30-20)25-21(27)16-7-9-18(10-8-16)29-12-17-11-28-13-23-17/h2-11,13H,12H2,1H3,(H,24,25,27). The van der Waals surface area contributed by atoms with Crippen LogP contribution in [0.3, 0.4) is 0 Å². The van der Waals surface area contributed by atoms with Crippen LogP contribution in [0.1, 0.15) is 32.6 Å². The normalized spacial score (nSPS) is 10.7. The van der Waals surface area contributed by atoms with Crippen molar-refractivity contribution in [3.05, 3.63) is 81.6 Å². The molecule has 0 aliphatic rings. The maximum absolute atomic E-state index is 12.7. The maximum Gasteiger partial charge on any atom is 0.257 e. The number of hydrogen-bond acceptors (Lipinski definition) is 7. The number of carbonyl (C=O) groups is 2. The van der Waals surface area contributed by atoms with E-state index in [2.05, 4.69) is 15.3 Å². The highest BCUT2D eigenvalue weighted by molar-refractivity contribution is 7.98. The Kier molecular flexibility index (Phi) is 6.37. The lowest BCUT2D eigenvalue weighted by molar-refractivity contribution is 0.101. The van der Waals surface area contributed by atoms with Gasteiger partial charge in [-0.05, 0) is 24.3 Å². The van der Waals surface area contributed by atoms with Crippen molar-refractivity contribution in [3.63, 3.8) is 0 Å². The average molecular weight is 452 g/mol. The van der Waals surface area contributed by atoms with Crippen LogP contribution in [0.2, 0.25) is 0 Å². The van der Waals surface area contributed by atoms with Crippen LogP contribution in [0.15, 0.2) is 70.4 Å². The number of amides is 1. The third-order valence-corrected chi connectivity index (χ3v) is 6.95. The van der Waals surface area contributed by atoms with Gasteiger partial charge in [0.15, 0.2) is 10.9 Å². The average Bonchev–Trinajstić information content (AvgIpc) is 3.43. The van der Waals surface area contributed by atoms with Crippen LogP contribution in [-0.2, 0) is 5.75 Å². The van der Waals surface area contributed by atoms with E-state index in [1.165, 1.54) is 18.3 Å². The lowest BCUT2D eigenvalue weighted by Gasteiger charge is -2.04. The number of ketones is 1. The van der Waals surface area contributed by atoms with Gasteiger partial charge in [0.1, 0.15) is 0 Å². The van der Waals surface area contributed by atoms with Crippen molar-refractivity contribution in [1.82, 2.24) is 9.97 Å². The van der Waals surface area contributed by atoms with E-state index in [1.54, 1.807) is 35.2 Å². The first-order chi connectivity index (χ1) is 14.6. The largest absolute Gasteiger partial charge is 0.298 e. The minimum absolute atomic E-state index is 0.0756. The molecule has 0 spiro atoms. The number of thiazole rings is 2. The van der Waals surface area contributed by atoms with Gasteiger partial charge < -0.3 is 0 Å². The van der Waals surface area contributed by atoms with E-state index in [9.17, 15) is 9.59 Å². The van der Waals surface area contributed by atoms with Gasteiger partial charge in [0.25, 0.3) is 5.91 Å². The molecule has 4 rings (SSSR count). The highest BCUT2D eigenvalue weighted by Gasteiger charge is 2.18. The molecular formula is C22H17N3O2S3. The molecule has 2 aromatic carbocycles. The molecular weight excluding hydrogens is 434 g/mol. The van der Waals surface area contributed by atoms with Crippen LogP contribution in [0.25, 0.3) is 11.3 Å². The molecule has 4 aromatic rings. The molecule has 0 atom stereocenters. The highest BCUT2D eigenvalue weighted by atomic mass is 32.2. The number of nitrogens with zero attached hydrogens (tertiary/aromatic N) is 2. The van der Waals surface area contributed by atoms with Crippen LogP contribution in [-0.4, -0.2) is 21.7 Å². The van der Waals surface area contributed by atoms with Gasteiger partial charge in [-0.1, -0.05) is 41.7 Å².